The van der Waals surface area contributed by atoms with Gasteiger partial charge in [0.05, 0.1) is 16.0 Å². The Balaban J connectivity index is 1.45. The first-order valence-corrected chi connectivity index (χ1v) is 11.0. The van der Waals surface area contributed by atoms with Gasteiger partial charge in [-0.1, -0.05) is 6.07 Å². The first-order valence-electron chi connectivity index (χ1n) is 9.53. The summed E-state index contributed by atoms with van der Waals surface area (Å²) in [5, 5.41) is 0. The van der Waals surface area contributed by atoms with E-state index in [1.807, 2.05) is 0 Å². The Kier molecular flexibility index (Phi) is 5.56. The molecule has 0 saturated carbocycles. The van der Waals surface area contributed by atoms with Gasteiger partial charge in [-0.2, -0.15) is 17.5 Å². The van der Waals surface area contributed by atoms with E-state index < -0.39 is 21.8 Å². The number of halogens is 3. The van der Waals surface area contributed by atoms with E-state index in [-0.39, 0.29) is 37.0 Å². The fourth-order valence-corrected chi connectivity index (χ4v) is 4.93. The number of para-hydroxylation sites is 1. The highest BCUT2D eigenvalue weighted by Crippen LogP contribution is 2.35. The molecular formula is C20H19F3N2O5S. The van der Waals surface area contributed by atoms with Crippen LogP contribution in [0.5, 0.6) is 11.5 Å². The Morgan fingerprint density at radius 2 is 1.55 bits per heavy atom. The molecule has 2 heterocycles. The summed E-state index contributed by atoms with van der Waals surface area (Å²) < 4.78 is 76.0. The molecule has 2 aliphatic heterocycles. The van der Waals surface area contributed by atoms with Crippen LogP contribution >= 0.6 is 0 Å². The van der Waals surface area contributed by atoms with Crippen molar-refractivity contribution in [2.24, 2.45) is 0 Å². The minimum absolute atomic E-state index is 0.0292. The highest BCUT2D eigenvalue weighted by atomic mass is 32.2. The Morgan fingerprint density at radius 3 is 2.19 bits per heavy atom. The summed E-state index contributed by atoms with van der Waals surface area (Å²) in [6, 6.07) is 8.40. The van der Waals surface area contributed by atoms with Gasteiger partial charge in [-0.15, -0.1) is 0 Å². The van der Waals surface area contributed by atoms with Crippen LogP contribution in [-0.2, 0) is 16.2 Å². The monoisotopic (exact) mass is 456 g/mol. The van der Waals surface area contributed by atoms with E-state index in [4.69, 9.17) is 9.47 Å². The summed E-state index contributed by atoms with van der Waals surface area (Å²) in [6.07, 6.45) is -4.54. The zero-order chi connectivity index (χ0) is 22.2. The fraction of sp³-hybridized carbons (Fsp3) is 0.350. The third-order valence-corrected chi connectivity index (χ3v) is 7.05. The molecule has 2 aromatic carbocycles. The van der Waals surface area contributed by atoms with Crippen molar-refractivity contribution in [1.29, 1.82) is 0 Å². The van der Waals surface area contributed by atoms with Crippen LogP contribution in [0, 0.1) is 0 Å². The van der Waals surface area contributed by atoms with Crippen molar-refractivity contribution in [3.63, 3.8) is 0 Å². The molecule has 1 fully saturated rings. The minimum Gasteiger partial charge on any atom is -0.486 e. The molecule has 11 heteroatoms. The number of rotatable bonds is 3. The van der Waals surface area contributed by atoms with E-state index in [9.17, 15) is 26.4 Å². The van der Waals surface area contributed by atoms with Crippen LogP contribution in [0.1, 0.15) is 15.9 Å². The molecule has 2 aliphatic rings. The molecular weight excluding hydrogens is 437 g/mol. The van der Waals surface area contributed by atoms with Crippen molar-refractivity contribution in [3.8, 4) is 11.5 Å². The lowest BCUT2D eigenvalue weighted by molar-refractivity contribution is -0.137. The average Bonchev–Trinajstić information content (AvgIpc) is 2.78. The Hall–Kier alpha value is -2.79. The second-order valence-electron chi connectivity index (χ2n) is 7.05. The van der Waals surface area contributed by atoms with Gasteiger partial charge in [0.2, 0.25) is 10.0 Å². The summed E-state index contributed by atoms with van der Waals surface area (Å²) in [4.78, 5) is 14.2. The van der Waals surface area contributed by atoms with Crippen LogP contribution in [-0.4, -0.2) is 62.9 Å². The largest absolute Gasteiger partial charge is 0.486 e. The van der Waals surface area contributed by atoms with Gasteiger partial charge in [-0.25, -0.2) is 8.42 Å². The van der Waals surface area contributed by atoms with Gasteiger partial charge in [-0.3, -0.25) is 4.79 Å². The Labute approximate surface area is 177 Å². The molecule has 0 bridgehead atoms. The number of fused-ring (bicyclic) bond motifs is 1. The summed E-state index contributed by atoms with van der Waals surface area (Å²) in [5.41, 5.74) is -0.574. The lowest BCUT2D eigenvalue weighted by Gasteiger charge is -2.34. The van der Waals surface area contributed by atoms with Gasteiger partial charge in [0.15, 0.2) is 11.5 Å². The Morgan fingerprint density at radius 1 is 0.903 bits per heavy atom. The zero-order valence-corrected chi connectivity index (χ0v) is 17.1. The van der Waals surface area contributed by atoms with E-state index in [2.05, 4.69) is 0 Å². The molecule has 0 aromatic heterocycles. The number of amides is 1. The molecule has 2 aromatic rings. The molecule has 0 atom stereocenters. The number of hydrogen-bond donors (Lipinski definition) is 0. The van der Waals surface area contributed by atoms with Gasteiger partial charge >= 0.3 is 6.18 Å². The zero-order valence-electron chi connectivity index (χ0n) is 16.3. The van der Waals surface area contributed by atoms with Crippen molar-refractivity contribution in [3.05, 3.63) is 53.6 Å². The van der Waals surface area contributed by atoms with Crippen LogP contribution in [0.15, 0.2) is 47.4 Å². The molecule has 4 rings (SSSR count). The van der Waals surface area contributed by atoms with E-state index in [1.165, 1.54) is 9.21 Å². The maximum atomic E-state index is 12.9. The lowest BCUT2D eigenvalue weighted by atomic mass is 10.1. The minimum atomic E-state index is -4.54. The third-order valence-electron chi connectivity index (χ3n) is 5.14. The van der Waals surface area contributed by atoms with Crippen molar-refractivity contribution >= 4 is 15.9 Å². The second kappa shape index (κ2) is 8.04. The number of ether oxygens (including phenoxy) is 2. The number of carbonyl (C=O) groups excluding carboxylic acids is 1. The topological polar surface area (TPSA) is 76.2 Å². The van der Waals surface area contributed by atoms with Crippen LogP contribution in [0.25, 0.3) is 0 Å². The standard InChI is InChI=1S/C20H19F3N2O5S/c21-20(22,23)14-4-6-15(7-5-14)31(27,28)25-10-8-24(9-11-25)19(26)16-2-1-3-17-18(16)30-13-12-29-17/h1-7H,8-13H2. The molecule has 1 amide bonds. The number of sulfonamides is 1. The molecule has 7 nitrogen and oxygen atoms in total. The quantitative estimate of drug-likeness (QED) is 0.710. The number of alkyl halides is 3. The molecule has 0 radical (unpaired) electrons. The number of nitrogens with zero attached hydrogens (tertiary/aromatic N) is 2. The lowest BCUT2D eigenvalue weighted by Crippen LogP contribution is -2.50. The van der Waals surface area contributed by atoms with Crippen LogP contribution in [0.4, 0.5) is 13.2 Å². The van der Waals surface area contributed by atoms with Crippen LogP contribution < -0.4 is 9.47 Å². The predicted octanol–water partition coefficient (Wildman–Crippen LogP) is 2.62. The van der Waals surface area contributed by atoms with E-state index in [0.717, 1.165) is 24.3 Å². The van der Waals surface area contributed by atoms with Gasteiger partial charge in [0.25, 0.3) is 5.91 Å². The Bertz CT molecular complexity index is 1080. The second-order valence-corrected chi connectivity index (χ2v) is 8.99. The molecule has 0 unspecified atom stereocenters. The SMILES string of the molecule is O=C(c1cccc2c1OCCO2)N1CCN(S(=O)(=O)c2ccc(C(F)(F)F)cc2)CC1. The summed E-state index contributed by atoms with van der Waals surface area (Å²) in [5.74, 6) is 0.563. The van der Waals surface area contributed by atoms with Crippen molar-refractivity contribution in [1.82, 2.24) is 9.21 Å². The number of carbonyl (C=O) groups is 1. The van der Waals surface area contributed by atoms with Gasteiger partial charge in [0.1, 0.15) is 13.2 Å². The molecule has 1 saturated heterocycles. The van der Waals surface area contributed by atoms with Crippen LogP contribution in [0.2, 0.25) is 0 Å². The smallest absolute Gasteiger partial charge is 0.416 e. The summed E-state index contributed by atoms with van der Waals surface area (Å²) >= 11 is 0. The molecule has 0 spiro atoms. The van der Waals surface area contributed by atoms with Gasteiger partial charge in [-0.05, 0) is 36.4 Å². The predicted molar refractivity (Wildman–Crippen MR) is 104 cm³/mol. The third kappa shape index (κ3) is 4.19. The first kappa shape index (κ1) is 21.4. The molecule has 166 valence electrons. The number of benzene rings is 2. The van der Waals surface area contributed by atoms with Crippen molar-refractivity contribution in [2.75, 3.05) is 39.4 Å². The number of piperazine rings is 1. The summed E-state index contributed by atoms with van der Waals surface area (Å²) in [7, 11) is -3.97. The summed E-state index contributed by atoms with van der Waals surface area (Å²) in [6.45, 7) is 1.07. The fourth-order valence-electron chi connectivity index (χ4n) is 3.51. The van der Waals surface area contributed by atoms with E-state index >= 15 is 0 Å². The van der Waals surface area contributed by atoms with Gasteiger partial charge in [0, 0.05) is 26.2 Å². The molecule has 0 aliphatic carbocycles. The maximum Gasteiger partial charge on any atom is 0.416 e. The highest BCUT2D eigenvalue weighted by molar-refractivity contribution is 7.89. The molecule has 0 N–H and O–H groups in total. The van der Waals surface area contributed by atoms with E-state index in [0.29, 0.717) is 30.3 Å². The number of hydrogen-bond acceptors (Lipinski definition) is 5. The first-order chi connectivity index (χ1) is 14.7. The maximum absolute atomic E-state index is 12.9. The van der Waals surface area contributed by atoms with Gasteiger partial charge < -0.3 is 14.4 Å². The van der Waals surface area contributed by atoms with E-state index in [1.54, 1.807) is 18.2 Å². The van der Waals surface area contributed by atoms with Crippen molar-refractivity contribution < 1.29 is 35.9 Å². The average molecular weight is 456 g/mol. The van der Waals surface area contributed by atoms with Crippen LogP contribution in [0.3, 0.4) is 0 Å². The molecule has 31 heavy (non-hydrogen) atoms. The normalized spacial score (nSPS) is 17.5. The highest BCUT2D eigenvalue weighted by Gasteiger charge is 2.34. The van der Waals surface area contributed by atoms with Crippen molar-refractivity contribution in [2.45, 2.75) is 11.1 Å².